The third-order valence-corrected chi connectivity index (χ3v) is 5.66. The van der Waals surface area contributed by atoms with Crippen molar-refractivity contribution < 1.29 is 19.1 Å². The van der Waals surface area contributed by atoms with Gasteiger partial charge in [0.2, 0.25) is 0 Å². The van der Waals surface area contributed by atoms with Crippen LogP contribution in [0.2, 0.25) is 0 Å². The molecule has 160 valence electrons. The number of hydrogen-bond donors (Lipinski definition) is 0. The highest BCUT2D eigenvalue weighted by Gasteiger charge is 2.20. The van der Waals surface area contributed by atoms with Crippen molar-refractivity contribution >= 4 is 11.9 Å². The standard InChI is InChI=1S/C27H28O4/c1-16-11-21(12-17(2)20(16)5)15-22-13-18(3)25(19(4)14-22)31-27(29)24-10-8-7-9-23(24)26(28)30-6/h7-14H,15H2,1-6H3. The van der Waals surface area contributed by atoms with Gasteiger partial charge in [0.05, 0.1) is 18.2 Å². The second-order valence-electron chi connectivity index (χ2n) is 8.02. The Labute approximate surface area is 183 Å². The van der Waals surface area contributed by atoms with Crippen LogP contribution in [0.1, 0.15) is 59.7 Å². The van der Waals surface area contributed by atoms with Gasteiger partial charge in [0.1, 0.15) is 5.75 Å². The lowest BCUT2D eigenvalue weighted by Crippen LogP contribution is -2.16. The Morgan fingerprint density at radius 3 is 1.65 bits per heavy atom. The SMILES string of the molecule is COC(=O)c1ccccc1C(=O)Oc1c(C)cc(Cc2cc(C)c(C)c(C)c2)cc1C. The Morgan fingerprint density at radius 1 is 0.710 bits per heavy atom. The summed E-state index contributed by atoms with van der Waals surface area (Å²) in [6, 6.07) is 15.0. The number of hydrogen-bond acceptors (Lipinski definition) is 4. The molecule has 0 aliphatic rings. The quantitative estimate of drug-likeness (QED) is 0.388. The largest absolute Gasteiger partial charge is 0.465 e. The molecular formula is C27H28O4. The zero-order valence-corrected chi connectivity index (χ0v) is 19.0. The van der Waals surface area contributed by atoms with Crippen molar-refractivity contribution in [2.24, 2.45) is 0 Å². The van der Waals surface area contributed by atoms with Gasteiger partial charge >= 0.3 is 11.9 Å². The van der Waals surface area contributed by atoms with E-state index in [1.54, 1.807) is 24.3 Å². The van der Waals surface area contributed by atoms with Gasteiger partial charge in [-0.1, -0.05) is 36.4 Å². The summed E-state index contributed by atoms with van der Waals surface area (Å²) in [5, 5.41) is 0. The summed E-state index contributed by atoms with van der Waals surface area (Å²) in [4.78, 5) is 24.8. The number of rotatable bonds is 5. The van der Waals surface area contributed by atoms with Gasteiger partial charge in [-0.05, 0) is 92.1 Å². The Kier molecular flexibility index (Phi) is 6.59. The average molecular weight is 417 g/mol. The molecule has 0 amide bonds. The Hall–Kier alpha value is -3.40. The van der Waals surface area contributed by atoms with Gasteiger partial charge < -0.3 is 9.47 Å². The number of methoxy groups -OCH3 is 1. The molecule has 0 heterocycles. The van der Waals surface area contributed by atoms with Gasteiger partial charge in [0, 0.05) is 0 Å². The molecule has 0 aromatic heterocycles. The van der Waals surface area contributed by atoms with E-state index in [1.165, 1.54) is 29.4 Å². The van der Waals surface area contributed by atoms with Crippen LogP contribution in [0.25, 0.3) is 0 Å². The number of benzene rings is 3. The molecule has 0 aliphatic carbocycles. The summed E-state index contributed by atoms with van der Waals surface area (Å²) >= 11 is 0. The molecule has 3 aromatic rings. The third-order valence-electron chi connectivity index (χ3n) is 5.66. The lowest BCUT2D eigenvalue weighted by molar-refractivity contribution is 0.0587. The monoisotopic (exact) mass is 416 g/mol. The molecule has 0 N–H and O–H groups in total. The number of carbonyl (C=O) groups excluding carboxylic acids is 2. The third kappa shape index (κ3) is 4.85. The molecule has 0 unspecified atom stereocenters. The Bertz CT molecular complexity index is 1110. The molecule has 0 radical (unpaired) electrons. The fourth-order valence-corrected chi connectivity index (χ4v) is 3.86. The molecule has 0 bridgehead atoms. The first-order valence-electron chi connectivity index (χ1n) is 10.3. The molecule has 31 heavy (non-hydrogen) atoms. The Morgan fingerprint density at radius 2 is 1.16 bits per heavy atom. The van der Waals surface area contributed by atoms with Gasteiger partial charge in [-0.25, -0.2) is 9.59 Å². The van der Waals surface area contributed by atoms with Crippen LogP contribution >= 0.6 is 0 Å². The van der Waals surface area contributed by atoms with Gasteiger partial charge in [0.15, 0.2) is 0 Å². The van der Waals surface area contributed by atoms with Crippen LogP contribution < -0.4 is 4.74 Å². The fraction of sp³-hybridized carbons (Fsp3) is 0.259. The topological polar surface area (TPSA) is 52.6 Å². The maximum Gasteiger partial charge on any atom is 0.344 e. The van der Waals surface area contributed by atoms with E-state index in [0.29, 0.717) is 5.75 Å². The Balaban J connectivity index is 1.87. The first kappa shape index (κ1) is 22.3. The van der Waals surface area contributed by atoms with Crippen LogP contribution in [-0.4, -0.2) is 19.0 Å². The lowest BCUT2D eigenvalue weighted by atomic mass is 9.95. The fourth-order valence-electron chi connectivity index (χ4n) is 3.86. The zero-order chi connectivity index (χ0) is 22.7. The van der Waals surface area contributed by atoms with E-state index >= 15 is 0 Å². The smallest absolute Gasteiger partial charge is 0.344 e. The molecule has 0 saturated carbocycles. The van der Waals surface area contributed by atoms with Crippen molar-refractivity contribution in [1.82, 2.24) is 0 Å². The summed E-state index contributed by atoms with van der Waals surface area (Å²) in [5.74, 6) is -0.630. The van der Waals surface area contributed by atoms with E-state index in [9.17, 15) is 9.59 Å². The highest BCUT2D eigenvalue weighted by atomic mass is 16.5. The second-order valence-corrected chi connectivity index (χ2v) is 8.02. The van der Waals surface area contributed by atoms with Crippen molar-refractivity contribution in [2.45, 2.75) is 41.0 Å². The van der Waals surface area contributed by atoms with E-state index in [1.807, 2.05) is 26.0 Å². The maximum atomic E-state index is 12.8. The van der Waals surface area contributed by atoms with E-state index in [0.717, 1.165) is 23.1 Å². The van der Waals surface area contributed by atoms with E-state index in [-0.39, 0.29) is 11.1 Å². The van der Waals surface area contributed by atoms with Crippen molar-refractivity contribution in [2.75, 3.05) is 7.11 Å². The minimum Gasteiger partial charge on any atom is -0.465 e. The van der Waals surface area contributed by atoms with Crippen LogP contribution in [-0.2, 0) is 11.2 Å². The van der Waals surface area contributed by atoms with Gasteiger partial charge in [-0.2, -0.15) is 0 Å². The molecule has 3 rings (SSSR count). The highest BCUT2D eigenvalue weighted by molar-refractivity contribution is 6.03. The van der Waals surface area contributed by atoms with Gasteiger partial charge in [0.25, 0.3) is 0 Å². The average Bonchev–Trinajstić information content (AvgIpc) is 2.73. The van der Waals surface area contributed by atoms with Crippen molar-refractivity contribution in [3.63, 3.8) is 0 Å². The van der Waals surface area contributed by atoms with Crippen LogP contribution in [0.4, 0.5) is 0 Å². The van der Waals surface area contributed by atoms with Crippen molar-refractivity contribution in [3.8, 4) is 5.75 Å². The van der Waals surface area contributed by atoms with Crippen molar-refractivity contribution in [3.05, 3.63) is 98.6 Å². The summed E-state index contributed by atoms with van der Waals surface area (Å²) in [5.41, 5.74) is 8.44. The first-order valence-corrected chi connectivity index (χ1v) is 10.3. The minimum absolute atomic E-state index is 0.183. The van der Waals surface area contributed by atoms with Gasteiger partial charge in [-0.15, -0.1) is 0 Å². The molecule has 0 spiro atoms. The van der Waals surface area contributed by atoms with E-state index in [2.05, 4.69) is 32.9 Å². The van der Waals surface area contributed by atoms with E-state index < -0.39 is 11.9 Å². The molecular weight excluding hydrogens is 388 g/mol. The van der Waals surface area contributed by atoms with Crippen molar-refractivity contribution in [1.29, 1.82) is 0 Å². The summed E-state index contributed by atoms with van der Waals surface area (Å²) in [6.07, 6.45) is 0.809. The van der Waals surface area contributed by atoms with Crippen LogP contribution in [0.5, 0.6) is 5.75 Å². The molecule has 3 aromatic carbocycles. The molecule has 4 heteroatoms. The summed E-state index contributed by atoms with van der Waals surface area (Å²) in [6.45, 7) is 10.3. The van der Waals surface area contributed by atoms with Crippen LogP contribution in [0.3, 0.4) is 0 Å². The van der Waals surface area contributed by atoms with Crippen LogP contribution in [0.15, 0.2) is 48.5 Å². The molecule has 4 nitrogen and oxygen atoms in total. The first-order chi connectivity index (χ1) is 14.7. The predicted molar refractivity (Wildman–Crippen MR) is 122 cm³/mol. The van der Waals surface area contributed by atoms with Crippen LogP contribution in [0, 0.1) is 34.6 Å². The summed E-state index contributed by atoms with van der Waals surface area (Å²) in [7, 11) is 1.29. The second kappa shape index (κ2) is 9.17. The molecule has 0 saturated heterocycles. The maximum absolute atomic E-state index is 12.8. The number of aryl methyl sites for hydroxylation is 4. The zero-order valence-electron chi connectivity index (χ0n) is 19.0. The number of carbonyl (C=O) groups is 2. The minimum atomic E-state index is -0.579. The molecule has 0 aliphatic heterocycles. The molecule has 0 atom stereocenters. The predicted octanol–water partition coefficient (Wildman–Crippen LogP) is 5.83. The lowest BCUT2D eigenvalue weighted by Gasteiger charge is -2.15. The van der Waals surface area contributed by atoms with E-state index in [4.69, 9.17) is 9.47 Å². The van der Waals surface area contributed by atoms with Gasteiger partial charge in [-0.3, -0.25) is 0 Å². The normalized spacial score (nSPS) is 10.6. The highest BCUT2D eigenvalue weighted by Crippen LogP contribution is 2.28. The number of esters is 2. The summed E-state index contributed by atoms with van der Waals surface area (Å²) < 4.78 is 10.5. The molecule has 0 fully saturated rings. The number of ether oxygens (including phenoxy) is 2.